The molecule has 1 aromatic carbocycles. The molecule has 0 radical (unpaired) electrons. The van der Waals surface area contributed by atoms with Crippen LogP contribution in [0.15, 0.2) is 18.2 Å². The second-order valence-electron chi connectivity index (χ2n) is 4.56. The van der Waals surface area contributed by atoms with E-state index in [2.05, 4.69) is 5.32 Å². The van der Waals surface area contributed by atoms with Gasteiger partial charge in [-0.3, -0.25) is 4.79 Å². The number of amides is 1. The molecule has 1 aliphatic rings. The van der Waals surface area contributed by atoms with E-state index in [9.17, 15) is 14.3 Å². The normalized spacial score (nSPS) is 23.7. The first-order valence-electron chi connectivity index (χ1n) is 6.02. The van der Waals surface area contributed by atoms with Crippen LogP contribution in [-0.4, -0.2) is 23.2 Å². The predicted molar refractivity (Wildman–Crippen MR) is 67.1 cm³/mol. The number of hydrogen-bond acceptors (Lipinski definition) is 2. The summed E-state index contributed by atoms with van der Waals surface area (Å²) < 4.78 is 13.2. The highest BCUT2D eigenvalue weighted by Crippen LogP contribution is 2.20. The maximum atomic E-state index is 13.2. The van der Waals surface area contributed by atoms with E-state index in [1.807, 2.05) is 0 Å². The van der Waals surface area contributed by atoms with Gasteiger partial charge in [0.05, 0.1) is 17.2 Å². The minimum absolute atomic E-state index is 0.00995. The van der Waals surface area contributed by atoms with Gasteiger partial charge in [-0.1, -0.05) is 24.4 Å². The van der Waals surface area contributed by atoms with Gasteiger partial charge in [-0.2, -0.15) is 0 Å². The van der Waals surface area contributed by atoms with E-state index in [0.717, 1.165) is 25.3 Å². The molecule has 0 aromatic heterocycles. The first-order chi connectivity index (χ1) is 8.58. The molecule has 2 N–H and O–H groups in total. The number of benzene rings is 1. The van der Waals surface area contributed by atoms with Gasteiger partial charge in [-0.15, -0.1) is 0 Å². The molecule has 3 nitrogen and oxygen atoms in total. The summed E-state index contributed by atoms with van der Waals surface area (Å²) in [7, 11) is 0. The highest BCUT2D eigenvalue weighted by molar-refractivity contribution is 6.30. The molecule has 2 rings (SSSR count). The van der Waals surface area contributed by atoms with Gasteiger partial charge in [0, 0.05) is 5.56 Å². The molecule has 0 spiro atoms. The van der Waals surface area contributed by atoms with Crippen molar-refractivity contribution in [2.75, 3.05) is 0 Å². The van der Waals surface area contributed by atoms with Crippen LogP contribution in [0.1, 0.15) is 36.0 Å². The fraction of sp³-hybridized carbons (Fsp3) is 0.462. The van der Waals surface area contributed by atoms with Gasteiger partial charge >= 0.3 is 0 Å². The molecule has 2 atom stereocenters. The van der Waals surface area contributed by atoms with E-state index < -0.39 is 11.9 Å². The molecule has 1 aromatic rings. The lowest BCUT2D eigenvalue weighted by Crippen LogP contribution is -2.45. The third-order valence-electron chi connectivity index (χ3n) is 3.23. The number of aliphatic hydroxyl groups excluding tert-OH is 1. The van der Waals surface area contributed by atoms with Crippen LogP contribution in [0.5, 0.6) is 0 Å². The average Bonchev–Trinajstić information content (AvgIpc) is 2.35. The zero-order chi connectivity index (χ0) is 13.1. The van der Waals surface area contributed by atoms with Crippen LogP contribution in [0.25, 0.3) is 0 Å². The topological polar surface area (TPSA) is 49.3 Å². The number of halogens is 2. The molecule has 0 bridgehead atoms. The van der Waals surface area contributed by atoms with E-state index in [0.29, 0.717) is 6.42 Å². The van der Waals surface area contributed by atoms with Crippen molar-refractivity contribution in [3.05, 3.63) is 34.6 Å². The van der Waals surface area contributed by atoms with Crippen molar-refractivity contribution in [1.82, 2.24) is 5.32 Å². The highest BCUT2D eigenvalue weighted by atomic mass is 35.5. The van der Waals surface area contributed by atoms with Crippen molar-refractivity contribution < 1.29 is 14.3 Å². The summed E-state index contributed by atoms with van der Waals surface area (Å²) in [6.07, 6.45) is 2.89. The Bertz CT molecular complexity index is 453. The van der Waals surface area contributed by atoms with Crippen molar-refractivity contribution in [1.29, 1.82) is 0 Å². The van der Waals surface area contributed by atoms with Gasteiger partial charge in [0.2, 0.25) is 0 Å². The molecule has 18 heavy (non-hydrogen) atoms. The Kier molecular flexibility index (Phi) is 4.19. The summed E-state index contributed by atoms with van der Waals surface area (Å²) in [4.78, 5) is 11.9. The molecule has 5 heteroatoms. The van der Waals surface area contributed by atoms with Gasteiger partial charge in [-0.05, 0) is 31.0 Å². The average molecular weight is 272 g/mol. The number of rotatable bonds is 2. The van der Waals surface area contributed by atoms with Crippen LogP contribution in [0.4, 0.5) is 4.39 Å². The molecule has 0 aliphatic heterocycles. The summed E-state index contributed by atoms with van der Waals surface area (Å²) in [6.45, 7) is 0. The van der Waals surface area contributed by atoms with Gasteiger partial charge in [-0.25, -0.2) is 4.39 Å². The molecule has 1 saturated carbocycles. The molecule has 1 fully saturated rings. The second kappa shape index (κ2) is 5.67. The van der Waals surface area contributed by atoms with Gasteiger partial charge in [0.1, 0.15) is 5.82 Å². The Morgan fingerprint density at radius 2 is 2.11 bits per heavy atom. The lowest BCUT2D eigenvalue weighted by molar-refractivity contribution is 0.0717. The summed E-state index contributed by atoms with van der Waals surface area (Å²) >= 11 is 5.55. The first-order valence-corrected chi connectivity index (χ1v) is 6.39. The standard InChI is InChI=1S/C13H15ClFNO2/c14-9-6-5-8(7-10(9)15)13(18)16-11-3-1-2-4-12(11)17/h5-7,11-12,17H,1-4H2,(H,16,18)/t11-,12-/m0/s1. The van der Waals surface area contributed by atoms with E-state index in [1.54, 1.807) is 0 Å². The van der Waals surface area contributed by atoms with Crippen LogP contribution < -0.4 is 5.32 Å². The third-order valence-corrected chi connectivity index (χ3v) is 3.53. The molecular formula is C13H15ClFNO2. The Balaban J connectivity index is 2.04. The quantitative estimate of drug-likeness (QED) is 0.868. The molecule has 0 heterocycles. The van der Waals surface area contributed by atoms with E-state index in [4.69, 9.17) is 11.6 Å². The van der Waals surface area contributed by atoms with E-state index in [-0.39, 0.29) is 22.5 Å². The smallest absolute Gasteiger partial charge is 0.251 e. The van der Waals surface area contributed by atoms with Gasteiger partial charge in [0.25, 0.3) is 5.91 Å². The molecule has 0 saturated heterocycles. The van der Waals surface area contributed by atoms with E-state index in [1.165, 1.54) is 12.1 Å². The fourth-order valence-corrected chi connectivity index (χ4v) is 2.29. The summed E-state index contributed by atoms with van der Waals surface area (Å²) in [5.41, 5.74) is 0.217. The minimum atomic E-state index is -0.617. The lowest BCUT2D eigenvalue weighted by Gasteiger charge is -2.28. The number of carbonyl (C=O) groups is 1. The van der Waals surface area contributed by atoms with Crippen molar-refractivity contribution >= 4 is 17.5 Å². The van der Waals surface area contributed by atoms with Crippen molar-refractivity contribution in [2.24, 2.45) is 0 Å². The van der Waals surface area contributed by atoms with Crippen molar-refractivity contribution in [2.45, 2.75) is 37.8 Å². The zero-order valence-electron chi connectivity index (χ0n) is 9.83. The number of aliphatic hydroxyl groups is 1. The Morgan fingerprint density at radius 1 is 1.39 bits per heavy atom. The predicted octanol–water partition coefficient (Wildman–Crippen LogP) is 2.51. The molecular weight excluding hydrogens is 257 g/mol. The summed E-state index contributed by atoms with van der Waals surface area (Å²) in [6, 6.07) is 3.68. The second-order valence-corrected chi connectivity index (χ2v) is 4.97. The molecule has 98 valence electrons. The zero-order valence-corrected chi connectivity index (χ0v) is 10.6. The monoisotopic (exact) mass is 271 g/mol. The lowest BCUT2D eigenvalue weighted by atomic mass is 9.92. The van der Waals surface area contributed by atoms with Gasteiger partial charge in [0.15, 0.2) is 0 Å². The van der Waals surface area contributed by atoms with Crippen molar-refractivity contribution in [3.63, 3.8) is 0 Å². The SMILES string of the molecule is O=C(N[C@H]1CCCC[C@@H]1O)c1ccc(Cl)c(F)c1. The third kappa shape index (κ3) is 3.00. The summed E-state index contributed by atoms with van der Waals surface area (Å²) in [5, 5.41) is 12.5. The minimum Gasteiger partial charge on any atom is -0.391 e. The largest absolute Gasteiger partial charge is 0.391 e. The van der Waals surface area contributed by atoms with Crippen LogP contribution in [0.2, 0.25) is 5.02 Å². The van der Waals surface area contributed by atoms with Gasteiger partial charge < -0.3 is 10.4 Å². The van der Waals surface area contributed by atoms with Crippen LogP contribution in [0.3, 0.4) is 0 Å². The number of carbonyl (C=O) groups excluding carboxylic acids is 1. The summed E-state index contributed by atoms with van der Waals surface area (Å²) in [5.74, 6) is -0.995. The maximum absolute atomic E-state index is 13.2. The Hall–Kier alpha value is -1.13. The first kappa shape index (κ1) is 13.3. The number of hydrogen-bond donors (Lipinski definition) is 2. The van der Waals surface area contributed by atoms with Crippen LogP contribution in [0, 0.1) is 5.82 Å². The molecule has 1 aliphatic carbocycles. The van der Waals surface area contributed by atoms with E-state index >= 15 is 0 Å². The number of nitrogens with one attached hydrogen (secondary N) is 1. The molecule has 0 unspecified atom stereocenters. The van der Waals surface area contributed by atoms with Crippen LogP contribution in [-0.2, 0) is 0 Å². The fourth-order valence-electron chi connectivity index (χ4n) is 2.17. The van der Waals surface area contributed by atoms with Crippen molar-refractivity contribution in [3.8, 4) is 0 Å². The Labute approximate surface area is 110 Å². The Morgan fingerprint density at radius 3 is 2.78 bits per heavy atom. The highest BCUT2D eigenvalue weighted by Gasteiger charge is 2.24. The van der Waals surface area contributed by atoms with Crippen LogP contribution >= 0.6 is 11.6 Å². The maximum Gasteiger partial charge on any atom is 0.251 e. The molecule has 1 amide bonds.